The molecule has 2 rings (SSSR count). The maximum absolute atomic E-state index is 9.07. The van der Waals surface area contributed by atoms with Gasteiger partial charge in [0.25, 0.3) is 0 Å². The van der Waals surface area contributed by atoms with Gasteiger partial charge in [0.05, 0.1) is 12.7 Å². The van der Waals surface area contributed by atoms with Crippen LogP contribution in [0.5, 0.6) is 5.75 Å². The van der Waals surface area contributed by atoms with Crippen LogP contribution >= 0.6 is 0 Å². The van der Waals surface area contributed by atoms with E-state index in [1.165, 1.54) is 5.56 Å². The van der Waals surface area contributed by atoms with E-state index in [2.05, 4.69) is 28.2 Å². The van der Waals surface area contributed by atoms with Gasteiger partial charge < -0.3 is 14.6 Å². The molecule has 19 heavy (non-hydrogen) atoms. The van der Waals surface area contributed by atoms with Crippen LogP contribution < -0.4 is 10.1 Å². The lowest BCUT2D eigenvalue weighted by molar-refractivity contribution is 0.413. The zero-order chi connectivity index (χ0) is 13.7. The third-order valence-electron chi connectivity index (χ3n) is 2.94. The molecule has 0 aliphatic rings. The zero-order valence-electron chi connectivity index (χ0n) is 11.2. The normalized spacial score (nSPS) is 10.2. The molecule has 0 unspecified atom stereocenters. The molecular formula is C15H17N3O. The van der Waals surface area contributed by atoms with Crippen molar-refractivity contribution < 1.29 is 4.74 Å². The first-order chi connectivity index (χ1) is 9.26. The van der Waals surface area contributed by atoms with Crippen molar-refractivity contribution in [2.45, 2.75) is 13.1 Å². The molecule has 0 saturated heterocycles. The van der Waals surface area contributed by atoms with Gasteiger partial charge in [-0.3, -0.25) is 0 Å². The highest BCUT2D eigenvalue weighted by Gasteiger charge is 2.04. The highest BCUT2D eigenvalue weighted by Crippen LogP contribution is 2.19. The number of hydrogen-bond acceptors (Lipinski definition) is 3. The maximum atomic E-state index is 9.07. The Bertz CT molecular complexity index is 596. The quantitative estimate of drug-likeness (QED) is 0.890. The van der Waals surface area contributed by atoms with Crippen LogP contribution in [-0.2, 0) is 13.1 Å². The summed E-state index contributed by atoms with van der Waals surface area (Å²) in [7, 11) is 3.51. The van der Waals surface area contributed by atoms with Crippen molar-refractivity contribution in [1.82, 2.24) is 9.88 Å². The number of rotatable bonds is 5. The lowest BCUT2D eigenvalue weighted by atomic mass is 10.1. The molecule has 0 fully saturated rings. The van der Waals surface area contributed by atoms with Gasteiger partial charge in [0, 0.05) is 25.5 Å². The number of ether oxygens (including phenoxy) is 1. The van der Waals surface area contributed by atoms with E-state index in [1.807, 2.05) is 31.4 Å². The van der Waals surface area contributed by atoms with Gasteiger partial charge in [0.2, 0.25) is 0 Å². The average molecular weight is 255 g/mol. The van der Waals surface area contributed by atoms with Gasteiger partial charge >= 0.3 is 0 Å². The van der Waals surface area contributed by atoms with Crippen molar-refractivity contribution >= 4 is 0 Å². The summed E-state index contributed by atoms with van der Waals surface area (Å²) in [5.74, 6) is 0.620. The minimum absolute atomic E-state index is 0.572. The van der Waals surface area contributed by atoms with Crippen LogP contribution in [0.15, 0.2) is 36.7 Å². The smallest absolute Gasteiger partial charge is 0.136 e. The van der Waals surface area contributed by atoms with E-state index in [4.69, 9.17) is 10.00 Å². The molecule has 1 aromatic carbocycles. The molecule has 0 amide bonds. The predicted molar refractivity (Wildman–Crippen MR) is 74.0 cm³/mol. The van der Waals surface area contributed by atoms with Gasteiger partial charge in [-0.05, 0) is 36.4 Å². The molecule has 1 N–H and O–H groups in total. The largest absolute Gasteiger partial charge is 0.495 e. The summed E-state index contributed by atoms with van der Waals surface area (Å²) in [5.41, 5.74) is 2.91. The number of methoxy groups -OCH3 is 1. The van der Waals surface area contributed by atoms with E-state index >= 15 is 0 Å². The molecule has 0 atom stereocenters. The van der Waals surface area contributed by atoms with Crippen molar-refractivity contribution in [3.8, 4) is 11.8 Å². The topological polar surface area (TPSA) is 50.0 Å². The van der Waals surface area contributed by atoms with E-state index in [0.717, 1.165) is 18.7 Å². The van der Waals surface area contributed by atoms with Crippen LogP contribution in [0.2, 0.25) is 0 Å². The second-order valence-corrected chi connectivity index (χ2v) is 4.37. The highest BCUT2D eigenvalue weighted by atomic mass is 16.5. The molecule has 1 heterocycles. The van der Waals surface area contributed by atoms with Crippen LogP contribution in [0.3, 0.4) is 0 Å². The van der Waals surface area contributed by atoms with Gasteiger partial charge in [0.1, 0.15) is 11.8 Å². The van der Waals surface area contributed by atoms with Crippen molar-refractivity contribution in [3.05, 3.63) is 53.3 Å². The minimum atomic E-state index is 0.572. The summed E-state index contributed by atoms with van der Waals surface area (Å²) >= 11 is 0. The van der Waals surface area contributed by atoms with E-state index in [-0.39, 0.29) is 0 Å². The molecule has 0 aliphatic carbocycles. The Morgan fingerprint density at radius 1 is 1.32 bits per heavy atom. The van der Waals surface area contributed by atoms with Crippen LogP contribution in [0.4, 0.5) is 0 Å². The van der Waals surface area contributed by atoms with Gasteiger partial charge in [-0.15, -0.1) is 0 Å². The standard InChI is InChI=1S/C15H17N3O/c1-17-9-13-5-6-18(11-13)10-12-3-4-15(19-2)14(7-12)8-16/h3-7,11,17H,9-10H2,1-2H3. The number of aromatic nitrogens is 1. The van der Waals surface area contributed by atoms with Crippen LogP contribution in [-0.4, -0.2) is 18.7 Å². The zero-order valence-corrected chi connectivity index (χ0v) is 11.2. The first-order valence-corrected chi connectivity index (χ1v) is 6.13. The van der Waals surface area contributed by atoms with Gasteiger partial charge in [-0.25, -0.2) is 0 Å². The molecule has 0 saturated carbocycles. The Morgan fingerprint density at radius 3 is 2.84 bits per heavy atom. The summed E-state index contributed by atoms with van der Waals surface area (Å²) in [6.45, 7) is 1.61. The monoisotopic (exact) mass is 255 g/mol. The minimum Gasteiger partial charge on any atom is -0.495 e. The van der Waals surface area contributed by atoms with Crippen molar-refractivity contribution in [1.29, 1.82) is 5.26 Å². The number of nitriles is 1. The molecular weight excluding hydrogens is 238 g/mol. The lowest BCUT2D eigenvalue weighted by Gasteiger charge is -2.07. The molecule has 0 aliphatic heterocycles. The highest BCUT2D eigenvalue weighted by molar-refractivity contribution is 5.45. The van der Waals surface area contributed by atoms with E-state index < -0.39 is 0 Å². The van der Waals surface area contributed by atoms with Crippen LogP contribution in [0, 0.1) is 11.3 Å². The number of nitrogens with one attached hydrogen (secondary N) is 1. The SMILES string of the molecule is CNCc1ccn(Cc2ccc(OC)c(C#N)c2)c1. The van der Waals surface area contributed by atoms with Gasteiger partial charge in [-0.1, -0.05) is 6.07 Å². The molecule has 4 heteroatoms. The lowest BCUT2D eigenvalue weighted by Crippen LogP contribution is -2.04. The molecule has 98 valence electrons. The predicted octanol–water partition coefficient (Wildman–Crippen LogP) is 2.14. The van der Waals surface area contributed by atoms with Gasteiger partial charge in [-0.2, -0.15) is 5.26 Å². The summed E-state index contributed by atoms with van der Waals surface area (Å²) < 4.78 is 7.25. The Balaban J connectivity index is 2.16. The summed E-state index contributed by atoms with van der Waals surface area (Å²) in [6, 6.07) is 9.94. The molecule has 4 nitrogen and oxygen atoms in total. The number of nitrogens with zero attached hydrogens (tertiary/aromatic N) is 2. The molecule has 0 radical (unpaired) electrons. The van der Waals surface area contributed by atoms with Gasteiger partial charge in [0.15, 0.2) is 0 Å². The molecule has 0 spiro atoms. The van der Waals surface area contributed by atoms with E-state index in [0.29, 0.717) is 11.3 Å². The molecule has 2 aromatic rings. The third-order valence-corrected chi connectivity index (χ3v) is 2.94. The van der Waals surface area contributed by atoms with Crippen LogP contribution in [0.25, 0.3) is 0 Å². The van der Waals surface area contributed by atoms with E-state index in [1.54, 1.807) is 7.11 Å². The van der Waals surface area contributed by atoms with Crippen molar-refractivity contribution in [3.63, 3.8) is 0 Å². The molecule has 0 bridgehead atoms. The number of hydrogen-bond donors (Lipinski definition) is 1. The second kappa shape index (κ2) is 6.07. The average Bonchev–Trinajstić information content (AvgIpc) is 2.86. The summed E-state index contributed by atoms with van der Waals surface area (Å²) in [6.07, 6.45) is 4.15. The number of benzene rings is 1. The van der Waals surface area contributed by atoms with E-state index in [9.17, 15) is 0 Å². The Labute approximate surface area is 113 Å². The summed E-state index contributed by atoms with van der Waals surface area (Å²) in [5, 5.41) is 12.2. The fraction of sp³-hybridized carbons (Fsp3) is 0.267. The summed E-state index contributed by atoms with van der Waals surface area (Å²) in [4.78, 5) is 0. The third kappa shape index (κ3) is 3.15. The van der Waals surface area contributed by atoms with Crippen molar-refractivity contribution in [2.24, 2.45) is 0 Å². The molecule has 1 aromatic heterocycles. The first kappa shape index (κ1) is 13.2. The van der Waals surface area contributed by atoms with Crippen molar-refractivity contribution in [2.75, 3.05) is 14.2 Å². The maximum Gasteiger partial charge on any atom is 0.136 e. The fourth-order valence-electron chi connectivity index (χ4n) is 2.05. The Hall–Kier alpha value is -2.25. The Morgan fingerprint density at radius 2 is 2.16 bits per heavy atom. The first-order valence-electron chi connectivity index (χ1n) is 6.13. The fourth-order valence-corrected chi connectivity index (χ4v) is 2.05. The Kier molecular flexibility index (Phi) is 4.22. The van der Waals surface area contributed by atoms with Crippen LogP contribution in [0.1, 0.15) is 16.7 Å². The second-order valence-electron chi connectivity index (χ2n) is 4.37.